The largest absolute Gasteiger partial charge is 0.324 e. The molecule has 0 saturated heterocycles. The standard InChI is InChI=1S/C15H14BrF2N/c1-9-4-11(7-13(17)5-9)15(19)8-10-6-12(16)2-3-14(10)18/h2-7,15H,8,19H2,1H3. The molecule has 2 aromatic rings. The molecular formula is C15H14BrF2N. The van der Waals surface area contributed by atoms with Crippen molar-refractivity contribution in [1.82, 2.24) is 0 Å². The average molecular weight is 326 g/mol. The first-order valence-corrected chi connectivity index (χ1v) is 6.71. The normalized spacial score (nSPS) is 12.5. The summed E-state index contributed by atoms with van der Waals surface area (Å²) in [5, 5.41) is 0. The summed E-state index contributed by atoms with van der Waals surface area (Å²) in [7, 11) is 0. The number of hydrogen-bond acceptors (Lipinski definition) is 1. The van der Waals surface area contributed by atoms with Crippen molar-refractivity contribution in [1.29, 1.82) is 0 Å². The fourth-order valence-electron chi connectivity index (χ4n) is 2.03. The second-order valence-electron chi connectivity index (χ2n) is 4.61. The molecule has 19 heavy (non-hydrogen) atoms. The molecule has 2 aromatic carbocycles. The van der Waals surface area contributed by atoms with Crippen molar-refractivity contribution in [3.8, 4) is 0 Å². The van der Waals surface area contributed by atoms with Gasteiger partial charge < -0.3 is 5.73 Å². The molecule has 0 aromatic heterocycles. The van der Waals surface area contributed by atoms with Crippen molar-refractivity contribution in [2.45, 2.75) is 19.4 Å². The Morgan fingerprint density at radius 3 is 2.58 bits per heavy atom. The lowest BCUT2D eigenvalue weighted by molar-refractivity contribution is 0.588. The lowest BCUT2D eigenvalue weighted by Gasteiger charge is -2.14. The van der Waals surface area contributed by atoms with Crippen molar-refractivity contribution in [2.75, 3.05) is 0 Å². The lowest BCUT2D eigenvalue weighted by Crippen LogP contribution is -2.14. The highest BCUT2D eigenvalue weighted by Gasteiger charge is 2.12. The third-order valence-corrected chi connectivity index (χ3v) is 3.43. The predicted molar refractivity (Wildman–Crippen MR) is 75.9 cm³/mol. The van der Waals surface area contributed by atoms with Gasteiger partial charge in [-0.1, -0.05) is 22.0 Å². The monoisotopic (exact) mass is 325 g/mol. The molecule has 0 spiro atoms. The first-order chi connectivity index (χ1) is 8.95. The zero-order valence-electron chi connectivity index (χ0n) is 10.5. The van der Waals surface area contributed by atoms with E-state index in [1.54, 1.807) is 19.1 Å². The fourth-order valence-corrected chi connectivity index (χ4v) is 2.44. The summed E-state index contributed by atoms with van der Waals surface area (Å²) < 4.78 is 27.8. The Hall–Kier alpha value is -1.26. The van der Waals surface area contributed by atoms with Gasteiger partial charge in [-0.15, -0.1) is 0 Å². The molecule has 2 rings (SSSR count). The molecule has 2 N–H and O–H groups in total. The van der Waals surface area contributed by atoms with Crippen molar-refractivity contribution >= 4 is 15.9 Å². The third-order valence-electron chi connectivity index (χ3n) is 2.94. The van der Waals surface area contributed by atoms with E-state index in [0.29, 0.717) is 17.5 Å². The van der Waals surface area contributed by atoms with E-state index < -0.39 is 6.04 Å². The summed E-state index contributed by atoms with van der Waals surface area (Å²) in [6.45, 7) is 1.80. The summed E-state index contributed by atoms with van der Waals surface area (Å²) in [6, 6.07) is 8.95. The topological polar surface area (TPSA) is 26.0 Å². The molecule has 1 unspecified atom stereocenters. The van der Waals surface area contributed by atoms with Crippen LogP contribution in [-0.4, -0.2) is 0 Å². The second-order valence-corrected chi connectivity index (χ2v) is 5.52. The van der Waals surface area contributed by atoms with Crippen LogP contribution in [0.3, 0.4) is 0 Å². The molecule has 0 bridgehead atoms. The fraction of sp³-hybridized carbons (Fsp3) is 0.200. The summed E-state index contributed by atoms with van der Waals surface area (Å²) in [5.74, 6) is -0.619. The molecule has 0 amide bonds. The minimum absolute atomic E-state index is 0.299. The van der Waals surface area contributed by atoms with Crippen LogP contribution in [0.4, 0.5) is 8.78 Å². The van der Waals surface area contributed by atoms with Crippen molar-refractivity contribution in [3.05, 3.63) is 69.2 Å². The Balaban J connectivity index is 2.25. The van der Waals surface area contributed by atoms with Crippen LogP contribution in [0.2, 0.25) is 0 Å². The minimum atomic E-state index is -0.432. The van der Waals surface area contributed by atoms with E-state index in [4.69, 9.17) is 5.73 Å². The van der Waals surface area contributed by atoms with Crippen LogP contribution < -0.4 is 5.73 Å². The van der Waals surface area contributed by atoms with Gasteiger partial charge in [0.2, 0.25) is 0 Å². The molecule has 0 aliphatic rings. The zero-order valence-corrected chi connectivity index (χ0v) is 12.0. The molecule has 0 aliphatic carbocycles. The third kappa shape index (κ3) is 3.61. The van der Waals surface area contributed by atoms with Crippen LogP contribution in [0.1, 0.15) is 22.7 Å². The van der Waals surface area contributed by atoms with Gasteiger partial charge in [-0.3, -0.25) is 0 Å². The van der Waals surface area contributed by atoms with E-state index in [2.05, 4.69) is 15.9 Å². The van der Waals surface area contributed by atoms with Crippen molar-refractivity contribution < 1.29 is 8.78 Å². The van der Waals surface area contributed by atoms with Crippen LogP contribution >= 0.6 is 15.9 Å². The van der Waals surface area contributed by atoms with Crippen LogP contribution in [0.15, 0.2) is 40.9 Å². The van der Waals surface area contributed by atoms with Gasteiger partial charge >= 0.3 is 0 Å². The maximum atomic E-state index is 13.7. The van der Waals surface area contributed by atoms with Gasteiger partial charge in [0.25, 0.3) is 0 Å². The Labute approximate surface area is 119 Å². The molecule has 0 saturated carbocycles. The Morgan fingerprint density at radius 2 is 1.89 bits per heavy atom. The van der Waals surface area contributed by atoms with E-state index >= 15 is 0 Å². The summed E-state index contributed by atoms with van der Waals surface area (Å²) in [6.07, 6.45) is 0.328. The van der Waals surface area contributed by atoms with Crippen LogP contribution in [-0.2, 0) is 6.42 Å². The zero-order chi connectivity index (χ0) is 14.0. The van der Waals surface area contributed by atoms with E-state index in [1.165, 1.54) is 18.2 Å². The summed E-state index contributed by atoms with van der Waals surface area (Å²) >= 11 is 3.30. The molecule has 4 heteroatoms. The smallest absolute Gasteiger partial charge is 0.126 e. The van der Waals surface area contributed by atoms with Gasteiger partial charge in [-0.05, 0) is 60.4 Å². The molecule has 0 fully saturated rings. The maximum Gasteiger partial charge on any atom is 0.126 e. The van der Waals surface area contributed by atoms with Crippen molar-refractivity contribution in [3.63, 3.8) is 0 Å². The lowest BCUT2D eigenvalue weighted by atomic mass is 9.98. The second kappa shape index (κ2) is 5.80. The predicted octanol–water partition coefficient (Wildman–Crippen LogP) is 4.28. The molecule has 1 atom stereocenters. The van der Waals surface area contributed by atoms with E-state index in [0.717, 1.165) is 10.0 Å². The number of benzene rings is 2. The number of nitrogens with two attached hydrogens (primary N) is 1. The van der Waals surface area contributed by atoms with Gasteiger partial charge in [0, 0.05) is 10.5 Å². The van der Waals surface area contributed by atoms with Gasteiger partial charge in [0.05, 0.1) is 0 Å². The average Bonchev–Trinajstić information content (AvgIpc) is 2.32. The van der Waals surface area contributed by atoms with E-state index in [9.17, 15) is 8.78 Å². The van der Waals surface area contributed by atoms with Crippen LogP contribution in [0.5, 0.6) is 0 Å². The first-order valence-electron chi connectivity index (χ1n) is 5.92. The SMILES string of the molecule is Cc1cc(F)cc(C(N)Cc2cc(Br)ccc2F)c1. The van der Waals surface area contributed by atoms with Gasteiger partial charge in [-0.25, -0.2) is 8.78 Å². The van der Waals surface area contributed by atoms with Gasteiger partial charge in [0.1, 0.15) is 11.6 Å². The van der Waals surface area contributed by atoms with Gasteiger partial charge in [0.15, 0.2) is 0 Å². The molecular weight excluding hydrogens is 312 g/mol. The summed E-state index contributed by atoms with van der Waals surface area (Å²) in [5.41, 5.74) is 8.04. The molecule has 1 nitrogen and oxygen atoms in total. The van der Waals surface area contributed by atoms with E-state index in [1.807, 2.05) is 6.07 Å². The molecule has 100 valence electrons. The molecule has 0 aliphatic heterocycles. The number of rotatable bonds is 3. The highest BCUT2D eigenvalue weighted by Crippen LogP contribution is 2.22. The van der Waals surface area contributed by atoms with E-state index in [-0.39, 0.29) is 11.6 Å². The number of halogens is 3. The Bertz CT molecular complexity index is 578. The minimum Gasteiger partial charge on any atom is -0.324 e. The quantitative estimate of drug-likeness (QED) is 0.895. The highest BCUT2D eigenvalue weighted by molar-refractivity contribution is 9.10. The number of hydrogen-bond donors (Lipinski definition) is 1. The first kappa shape index (κ1) is 14.2. The maximum absolute atomic E-state index is 13.7. The van der Waals surface area contributed by atoms with Crippen LogP contribution in [0, 0.1) is 18.6 Å². The highest BCUT2D eigenvalue weighted by atomic mass is 79.9. The number of aryl methyl sites for hydroxylation is 1. The molecule has 0 radical (unpaired) electrons. The summed E-state index contributed by atoms with van der Waals surface area (Å²) in [4.78, 5) is 0. The van der Waals surface area contributed by atoms with Crippen molar-refractivity contribution in [2.24, 2.45) is 5.73 Å². The van der Waals surface area contributed by atoms with Gasteiger partial charge in [-0.2, -0.15) is 0 Å². The van der Waals surface area contributed by atoms with Crippen LogP contribution in [0.25, 0.3) is 0 Å². The Kier molecular flexibility index (Phi) is 4.32. The Morgan fingerprint density at radius 1 is 1.16 bits per heavy atom. The molecule has 0 heterocycles.